The van der Waals surface area contributed by atoms with E-state index in [4.69, 9.17) is 0 Å². The number of carbonyl (C=O) groups is 1. The fourth-order valence-corrected chi connectivity index (χ4v) is 1.21. The third-order valence-corrected chi connectivity index (χ3v) is 1.97. The highest BCUT2D eigenvalue weighted by Crippen LogP contribution is 2.20. The zero-order valence-electron chi connectivity index (χ0n) is 8.86. The molecule has 1 rings (SSSR count). The maximum Gasteiger partial charge on any atom is 0.255 e. The maximum atomic E-state index is 13.2. The molecule has 0 spiro atoms. The smallest absolute Gasteiger partial charge is 0.255 e. The normalized spacial score (nSPS) is 10.5. The van der Waals surface area contributed by atoms with Crippen molar-refractivity contribution in [3.8, 4) is 0 Å². The van der Waals surface area contributed by atoms with E-state index in [0.29, 0.717) is 0 Å². The number of benzene rings is 1. The zero-order chi connectivity index (χ0) is 13.0. The Morgan fingerprint density at radius 3 is 2.24 bits per heavy atom. The van der Waals surface area contributed by atoms with Gasteiger partial charge in [0.1, 0.15) is 17.3 Å². The van der Waals surface area contributed by atoms with Gasteiger partial charge in [-0.05, 0) is 12.1 Å². The Morgan fingerprint density at radius 2 is 1.82 bits per heavy atom. The van der Waals surface area contributed by atoms with E-state index >= 15 is 0 Å². The Hall–Kier alpha value is -1.79. The van der Waals surface area contributed by atoms with Crippen LogP contribution in [0.4, 0.5) is 23.2 Å². The van der Waals surface area contributed by atoms with E-state index in [9.17, 15) is 22.4 Å². The summed E-state index contributed by atoms with van der Waals surface area (Å²) in [5, 5.41) is 4.13. The Balaban J connectivity index is 2.89. The molecule has 3 nitrogen and oxygen atoms in total. The molecule has 0 atom stereocenters. The molecule has 0 aliphatic carbocycles. The summed E-state index contributed by atoms with van der Waals surface area (Å²) in [5.74, 6) is -2.88. The van der Waals surface area contributed by atoms with E-state index in [1.54, 1.807) is 0 Å². The standard InChI is InChI=1S/C10H10F4N2O/c1-15-9-6(11)2-5(3-7(9)12)10(17)16-4-8(13)14/h2-3,8,15H,4H2,1H3,(H,16,17). The summed E-state index contributed by atoms with van der Waals surface area (Å²) in [4.78, 5) is 11.3. The lowest BCUT2D eigenvalue weighted by Crippen LogP contribution is -2.28. The highest BCUT2D eigenvalue weighted by molar-refractivity contribution is 5.94. The van der Waals surface area contributed by atoms with Crippen molar-refractivity contribution in [2.24, 2.45) is 0 Å². The molecule has 0 saturated carbocycles. The van der Waals surface area contributed by atoms with Gasteiger partial charge in [0.25, 0.3) is 12.3 Å². The number of carbonyl (C=O) groups excluding carboxylic acids is 1. The number of nitrogens with one attached hydrogen (secondary N) is 2. The summed E-state index contributed by atoms with van der Waals surface area (Å²) < 4.78 is 50.1. The van der Waals surface area contributed by atoms with Gasteiger partial charge in [-0.25, -0.2) is 17.6 Å². The molecule has 0 saturated heterocycles. The summed E-state index contributed by atoms with van der Waals surface area (Å²) in [6.07, 6.45) is -2.72. The molecule has 1 aromatic carbocycles. The predicted molar refractivity (Wildman–Crippen MR) is 54.2 cm³/mol. The SMILES string of the molecule is CNc1c(F)cc(C(=O)NCC(F)F)cc1F. The molecular formula is C10H10F4N2O. The number of anilines is 1. The molecule has 0 aliphatic rings. The van der Waals surface area contributed by atoms with Crippen molar-refractivity contribution >= 4 is 11.6 Å². The molecule has 0 unspecified atom stereocenters. The number of hydrogen-bond acceptors (Lipinski definition) is 2. The van der Waals surface area contributed by atoms with Gasteiger partial charge in [-0.1, -0.05) is 0 Å². The average molecular weight is 250 g/mol. The summed E-state index contributed by atoms with van der Waals surface area (Å²) in [6.45, 7) is -0.865. The van der Waals surface area contributed by atoms with Crippen molar-refractivity contribution in [1.82, 2.24) is 5.32 Å². The third kappa shape index (κ3) is 3.33. The van der Waals surface area contributed by atoms with Gasteiger partial charge < -0.3 is 10.6 Å². The molecule has 0 bridgehead atoms. The molecule has 0 fully saturated rings. The van der Waals surface area contributed by atoms with Crippen LogP contribution in [0.25, 0.3) is 0 Å². The largest absolute Gasteiger partial charge is 0.383 e. The van der Waals surface area contributed by atoms with Crippen LogP contribution in [0.1, 0.15) is 10.4 Å². The number of rotatable bonds is 4. The zero-order valence-corrected chi connectivity index (χ0v) is 8.86. The van der Waals surface area contributed by atoms with Crippen molar-refractivity contribution in [3.05, 3.63) is 29.3 Å². The minimum Gasteiger partial charge on any atom is -0.383 e. The first-order chi connectivity index (χ1) is 7.95. The molecule has 1 amide bonds. The average Bonchev–Trinajstić information content (AvgIpc) is 2.25. The first-order valence-electron chi connectivity index (χ1n) is 4.69. The number of halogens is 4. The number of alkyl halides is 2. The van der Waals surface area contributed by atoms with Gasteiger partial charge in [-0.3, -0.25) is 4.79 Å². The first-order valence-corrected chi connectivity index (χ1v) is 4.69. The second kappa shape index (κ2) is 5.51. The molecule has 0 aromatic heterocycles. The lowest BCUT2D eigenvalue weighted by molar-refractivity contribution is 0.0891. The van der Waals surface area contributed by atoms with Crippen LogP contribution in [0.5, 0.6) is 0 Å². The minimum atomic E-state index is -2.72. The van der Waals surface area contributed by atoms with Crippen LogP contribution in [0.2, 0.25) is 0 Å². The quantitative estimate of drug-likeness (QED) is 0.802. The van der Waals surface area contributed by atoms with Gasteiger partial charge in [-0.15, -0.1) is 0 Å². The Kier molecular flexibility index (Phi) is 4.30. The van der Waals surface area contributed by atoms with E-state index in [-0.39, 0.29) is 11.3 Å². The molecular weight excluding hydrogens is 240 g/mol. The van der Waals surface area contributed by atoms with E-state index in [0.717, 1.165) is 12.1 Å². The highest BCUT2D eigenvalue weighted by atomic mass is 19.3. The lowest BCUT2D eigenvalue weighted by atomic mass is 10.1. The van der Waals surface area contributed by atoms with Crippen LogP contribution in [0.15, 0.2) is 12.1 Å². The Bertz CT molecular complexity index is 400. The van der Waals surface area contributed by atoms with Crippen molar-refractivity contribution in [1.29, 1.82) is 0 Å². The van der Waals surface area contributed by atoms with Crippen molar-refractivity contribution in [2.45, 2.75) is 6.43 Å². The van der Waals surface area contributed by atoms with E-state index < -0.39 is 30.5 Å². The van der Waals surface area contributed by atoms with Crippen molar-refractivity contribution < 1.29 is 22.4 Å². The van der Waals surface area contributed by atoms with Crippen LogP contribution >= 0.6 is 0 Å². The summed E-state index contributed by atoms with van der Waals surface area (Å²) in [5.41, 5.74) is -0.727. The van der Waals surface area contributed by atoms with Crippen LogP contribution in [0.3, 0.4) is 0 Å². The van der Waals surface area contributed by atoms with Gasteiger partial charge >= 0.3 is 0 Å². The molecule has 0 aliphatic heterocycles. The van der Waals surface area contributed by atoms with Gasteiger partial charge in [-0.2, -0.15) is 0 Å². The van der Waals surface area contributed by atoms with Crippen LogP contribution in [-0.4, -0.2) is 25.9 Å². The van der Waals surface area contributed by atoms with E-state index in [1.165, 1.54) is 7.05 Å². The van der Waals surface area contributed by atoms with Gasteiger partial charge in [0.2, 0.25) is 0 Å². The monoisotopic (exact) mass is 250 g/mol. The number of amides is 1. The van der Waals surface area contributed by atoms with Gasteiger partial charge in [0.05, 0.1) is 6.54 Å². The molecule has 7 heteroatoms. The first kappa shape index (κ1) is 13.3. The second-order valence-corrected chi connectivity index (χ2v) is 3.17. The molecule has 94 valence electrons. The topological polar surface area (TPSA) is 41.1 Å². The van der Waals surface area contributed by atoms with E-state index in [2.05, 4.69) is 5.32 Å². The summed E-state index contributed by atoms with van der Waals surface area (Å²) in [6, 6.07) is 1.55. The number of hydrogen-bond donors (Lipinski definition) is 2. The van der Waals surface area contributed by atoms with Crippen LogP contribution in [-0.2, 0) is 0 Å². The van der Waals surface area contributed by atoms with Crippen molar-refractivity contribution in [2.75, 3.05) is 18.9 Å². The van der Waals surface area contributed by atoms with Crippen LogP contribution < -0.4 is 10.6 Å². The summed E-state index contributed by atoms with van der Waals surface area (Å²) in [7, 11) is 1.32. The highest BCUT2D eigenvalue weighted by Gasteiger charge is 2.15. The molecule has 1 aromatic rings. The fourth-order valence-electron chi connectivity index (χ4n) is 1.21. The fraction of sp³-hybridized carbons (Fsp3) is 0.300. The molecule has 17 heavy (non-hydrogen) atoms. The molecule has 0 radical (unpaired) electrons. The Morgan fingerprint density at radius 1 is 1.29 bits per heavy atom. The summed E-state index contributed by atoms with van der Waals surface area (Å²) >= 11 is 0. The van der Waals surface area contributed by atoms with Crippen LogP contribution in [0, 0.1) is 11.6 Å². The minimum absolute atomic E-state index is 0.348. The Labute approximate surface area is 94.8 Å². The predicted octanol–water partition coefficient (Wildman–Crippen LogP) is 2.00. The van der Waals surface area contributed by atoms with Gasteiger partial charge in [0.15, 0.2) is 0 Å². The van der Waals surface area contributed by atoms with Crippen molar-refractivity contribution in [3.63, 3.8) is 0 Å². The second-order valence-electron chi connectivity index (χ2n) is 3.17. The third-order valence-electron chi connectivity index (χ3n) is 1.97. The van der Waals surface area contributed by atoms with Gasteiger partial charge in [0, 0.05) is 12.6 Å². The lowest BCUT2D eigenvalue weighted by Gasteiger charge is -2.08. The van der Waals surface area contributed by atoms with E-state index in [1.807, 2.05) is 5.32 Å². The molecule has 0 heterocycles. The maximum absolute atomic E-state index is 13.2. The molecule has 2 N–H and O–H groups in total.